The number of phenols is 1. The molecular formula is C11H11NO. The molecule has 0 bridgehead atoms. The van der Waals surface area contributed by atoms with Crippen molar-refractivity contribution in [3.63, 3.8) is 0 Å². The zero-order valence-corrected chi connectivity index (χ0v) is 7.25. The van der Waals surface area contributed by atoms with Gasteiger partial charge in [0.05, 0.1) is 0 Å². The summed E-state index contributed by atoms with van der Waals surface area (Å²) >= 11 is 0. The van der Waals surface area contributed by atoms with E-state index in [2.05, 4.69) is 13.2 Å². The first-order valence-corrected chi connectivity index (χ1v) is 3.85. The Labute approximate surface area is 77.4 Å². The minimum absolute atomic E-state index is 0.0931. The summed E-state index contributed by atoms with van der Waals surface area (Å²) in [4.78, 5) is 0. The minimum atomic E-state index is 0.0931. The Morgan fingerprint density at radius 1 is 1.08 bits per heavy atom. The summed E-state index contributed by atoms with van der Waals surface area (Å²) < 4.78 is 0. The van der Waals surface area contributed by atoms with Crippen molar-refractivity contribution in [1.82, 2.24) is 0 Å². The van der Waals surface area contributed by atoms with E-state index in [-0.39, 0.29) is 5.75 Å². The largest absolute Gasteiger partial charge is 0.507 e. The Kier molecular flexibility index (Phi) is 2.65. The first-order chi connectivity index (χ1) is 6.22. The Morgan fingerprint density at radius 3 is 2.08 bits per heavy atom. The van der Waals surface area contributed by atoms with Crippen LogP contribution in [0.3, 0.4) is 0 Å². The maximum atomic E-state index is 9.41. The fourth-order valence-corrected chi connectivity index (χ4v) is 1.11. The van der Waals surface area contributed by atoms with E-state index >= 15 is 0 Å². The van der Waals surface area contributed by atoms with Gasteiger partial charge in [0.25, 0.3) is 0 Å². The van der Waals surface area contributed by atoms with Crippen molar-refractivity contribution in [2.45, 2.75) is 0 Å². The lowest BCUT2D eigenvalue weighted by molar-refractivity contribution is 0.474. The van der Waals surface area contributed by atoms with E-state index in [1.165, 1.54) is 0 Å². The topological polar surface area (TPSA) is 44.1 Å². The van der Waals surface area contributed by atoms with Crippen molar-refractivity contribution < 1.29 is 5.11 Å². The summed E-state index contributed by atoms with van der Waals surface area (Å²) in [6.45, 7) is 7.26. The number of aromatic hydroxyl groups is 1. The molecule has 0 aliphatic heterocycles. The molecule has 2 nitrogen and oxygen atoms in total. The van der Waals surface area contributed by atoms with Gasteiger partial charge < -0.3 is 10.5 Å². The lowest BCUT2D eigenvalue weighted by Crippen LogP contribution is -1.87. The van der Waals surface area contributed by atoms with Crippen LogP contribution in [-0.2, 0) is 0 Å². The molecule has 0 spiro atoms. The summed E-state index contributed by atoms with van der Waals surface area (Å²) in [5.74, 6) is 0.0931. The standard InChI is InChI=1S/C11H11NO/c1-3-8-5-10(7-12)11(13)6-9(8)4-2/h3-7,12-13H,1-2H2. The number of phenolic OH excluding ortho intramolecular Hbond substituents is 1. The molecule has 1 aromatic rings. The summed E-state index contributed by atoms with van der Waals surface area (Å²) in [6, 6.07) is 3.27. The van der Waals surface area contributed by atoms with Crippen LogP contribution in [0, 0.1) is 5.41 Å². The summed E-state index contributed by atoms with van der Waals surface area (Å²) in [5.41, 5.74) is 2.17. The molecule has 0 radical (unpaired) electrons. The molecule has 0 fully saturated rings. The van der Waals surface area contributed by atoms with Gasteiger partial charge in [-0.25, -0.2) is 0 Å². The summed E-state index contributed by atoms with van der Waals surface area (Å²) in [7, 11) is 0. The molecule has 0 unspecified atom stereocenters. The third-order valence-corrected chi connectivity index (χ3v) is 1.83. The number of nitrogens with one attached hydrogen (secondary N) is 1. The van der Waals surface area contributed by atoms with Crippen LogP contribution in [0.15, 0.2) is 25.3 Å². The normalized spacial score (nSPS) is 9.23. The van der Waals surface area contributed by atoms with E-state index in [1.54, 1.807) is 24.3 Å². The molecule has 0 aromatic heterocycles. The average Bonchev–Trinajstić information content (AvgIpc) is 2.17. The maximum Gasteiger partial charge on any atom is 0.124 e. The highest BCUT2D eigenvalue weighted by Crippen LogP contribution is 2.22. The second-order valence-corrected chi connectivity index (χ2v) is 2.59. The Balaban J connectivity index is 3.42. The van der Waals surface area contributed by atoms with Gasteiger partial charge in [-0.3, -0.25) is 0 Å². The molecular weight excluding hydrogens is 162 g/mol. The summed E-state index contributed by atoms with van der Waals surface area (Å²) in [5, 5.41) is 16.4. The average molecular weight is 173 g/mol. The quantitative estimate of drug-likeness (QED) is 0.678. The van der Waals surface area contributed by atoms with E-state index in [0.717, 1.165) is 17.3 Å². The Morgan fingerprint density at radius 2 is 1.62 bits per heavy atom. The molecule has 0 heterocycles. The zero-order chi connectivity index (χ0) is 9.84. The molecule has 1 aromatic carbocycles. The van der Waals surface area contributed by atoms with Crippen molar-refractivity contribution >= 4 is 18.4 Å². The molecule has 13 heavy (non-hydrogen) atoms. The molecule has 0 aliphatic carbocycles. The second-order valence-electron chi connectivity index (χ2n) is 2.59. The van der Waals surface area contributed by atoms with Gasteiger partial charge in [-0.1, -0.05) is 25.3 Å². The van der Waals surface area contributed by atoms with Crippen LogP contribution in [0.1, 0.15) is 16.7 Å². The van der Waals surface area contributed by atoms with E-state index < -0.39 is 0 Å². The highest BCUT2D eigenvalue weighted by molar-refractivity contribution is 5.84. The number of rotatable bonds is 3. The van der Waals surface area contributed by atoms with Crippen LogP contribution >= 0.6 is 0 Å². The van der Waals surface area contributed by atoms with Gasteiger partial charge in [-0.05, 0) is 23.3 Å². The molecule has 66 valence electrons. The van der Waals surface area contributed by atoms with Crippen molar-refractivity contribution in [2.75, 3.05) is 0 Å². The predicted molar refractivity (Wildman–Crippen MR) is 56.2 cm³/mol. The fraction of sp³-hybridized carbons (Fsp3) is 0. The Hall–Kier alpha value is -1.83. The van der Waals surface area contributed by atoms with Crippen molar-refractivity contribution in [3.8, 4) is 5.75 Å². The SMILES string of the molecule is C=Cc1cc(O)c(C=N)cc1C=C. The number of hydrogen-bond donors (Lipinski definition) is 2. The monoisotopic (exact) mass is 173 g/mol. The predicted octanol–water partition coefficient (Wildman–Crippen LogP) is 2.68. The Bertz CT molecular complexity index is 367. The maximum absolute atomic E-state index is 9.41. The van der Waals surface area contributed by atoms with Crippen molar-refractivity contribution in [1.29, 1.82) is 5.41 Å². The highest BCUT2D eigenvalue weighted by Gasteiger charge is 2.02. The molecule has 0 saturated heterocycles. The molecule has 0 aliphatic rings. The molecule has 2 heteroatoms. The molecule has 0 saturated carbocycles. The number of benzene rings is 1. The van der Waals surface area contributed by atoms with Crippen LogP contribution in [0.2, 0.25) is 0 Å². The van der Waals surface area contributed by atoms with Crippen LogP contribution < -0.4 is 0 Å². The van der Waals surface area contributed by atoms with Gasteiger partial charge in [0, 0.05) is 11.8 Å². The first-order valence-electron chi connectivity index (χ1n) is 3.85. The van der Waals surface area contributed by atoms with Gasteiger partial charge in [-0.15, -0.1) is 0 Å². The molecule has 1 rings (SSSR count). The first kappa shape index (κ1) is 9.26. The van der Waals surface area contributed by atoms with Crippen LogP contribution in [-0.4, -0.2) is 11.3 Å². The molecule has 0 amide bonds. The smallest absolute Gasteiger partial charge is 0.124 e. The van der Waals surface area contributed by atoms with Crippen LogP contribution in [0.4, 0.5) is 0 Å². The van der Waals surface area contributed by atoms with Gasteiger partial charge >= 0.3 is 0 Å². The molecule has 0 atom stereocenters. The third-order valence-electron chi connectivity index (χ3n) is 1.83. The molecule has 2 N–H and O–H groups in total. The second kappa shape index (κ2) is 3.72. The number of hydrogen-bond acceptors (Lipinski definition) is 2. The van der Waals surface area contributed by atoms with Crippen LogP contribution in [0.25, 0.3) is 12.2 Å². The van der Waals surface area contributed by atoms with Gasteiger partial charge in [0.1, 0.15) is 5.75 Å². The highest BCUT2D eigenvalue weighted by atomic mass is 16.3. The summed E-state index contributed by atoms with van der Waals surface area (Å²) in [6.07, 6.45) is 4.42. The van der Waals surface area contributed by atoms with E-state index in [4.69, 9.17) is 5.41 Å². The fourth-order valence-electron chi connectivity index (χ4n) is 1.11. The van der Waals surface area contributed by atoms with E-state index in [0.29, 0.717) is 5.56 Å². The van der Waals surface area contributed by atoms with E-state index in [1.807, 2.05) is 0 Å². The minimum Gasteiger partial charge on any atom is -0.507 e. The zero-order valence-electron chi connectivity index (χ0n) is 7.25. The van der Waals surface area contributed by atoms with Crippen LogP contribution in [0.5, 0.6) is 5.75 Å². The van der Waals surface area contributed by atoms with Gasteiger partial charge in [0.2, 0.25) is 0 Å². The van der Waals surface area contributed by atoms with E-state index in [9.17, 15) is 5.11 Å². The van der Waals surface area contributed by atoms with Crippen molar-refractivity contribution in [3.05, 3.63) is 42.0 Å². The lowest BCUT2D eigenvalue weighted by atomic mass is 10.0. The third kappa shape index (κ3) is 1.67. The lowest BCUT2D eigenvalue weighted by Gasteiger charge is -2.04. The van der Waals surface area contributed by atoms with Gasteiger partial charge in [0.15, 0.2) is 0 Å². The van der Waals surface area contributed by atoms with Gasteiger partial charge in [-0.2, -0.15) is 0 Å². The van der Waals surface area contributed by atoms with Crippen molar-refractivity contribution in [2.24, 2.45) is 0 Å².